The van der Waals surface area contributed by atoms with Crippen molar-refractivity contribution in [2.75, 3.05) is 6.54 Å². The highest BCUT2D eigenvalue weighted by molar-refractivity contribution is 5.10. The van der Waals surface area contributed by atoms with Gasteiger partial charge in [0.15, 0.2) is 0 Å². The number of aliphatic hydroxyl groups excluding tert-OH is 3. The summed E-state index contributed by atoms with van der Waals surface area (Å²) >= 11 is 0. The minimum Gasteiger partial charge on any atom is -0.388 e. The molecule has 0 aromatic heterocycles. The van der Waals surface area contributed by atoms with Crippen LogP contribution in [0.2, 0.25) is 0 Å². The lowest BCUT2D eigenvalue weighted by Gasteiger charge is -2.31. The maximum atomic E-state index is 9.65. The molecule has 0 spiro atoms. The van der Waals surface area contributed by atoms with Crippen LogP contribution in [0.25, 0.3) is 0 Å². The van der Waals surface area contributed by atoms with E-state index in [9.17, 15) is 15.3 Å². The first-order chi connectivity index (χ1) is 7.02. The molecule has 0 heterocycles. The average molecular weight is 215 g/mol. The zero-order chi connectivity index (χ0) is 11.4. The predicted molar refractivity (Wildman–Crippen MR) is 58.4 cm³/mol. The average Bonchev–Trinajstić information content (AvgIpc) is 2.18. The van der Waals surface area contributed by atoms with Crippen LogP contribution >= 0.6 is 0 Å². The lowest BCUT2D eigenvalue weighted by Crippen LogP contribution is -2.52. The van der Waals surface area contributed by atoms with Crippen LogP contribution in [-0.2, 0) is 0 Å². The van der Waals surface area contributed by atoms with Crippen molar-refractivity contribution in [3.8, 4) is 0 Å². The highest BCUT2D eigenvalue weighted by Gasteiger charge is 2.32. The molecule has 88 valence electrons. The standard InChI is InChI=1S/C11H21NO3/c1-7(2)5-6-12-8-3-4-9(13)11(15)10(8)14/h3-4,7-15H,5-6H2,1-2H3/t8-,9+,10+,11+/m1/s1. The van der Waals surface area contributed by atoms with E-state index < -0.39 is 18.3 Å². The topological polar surface area (TPSA) is 72.7 Å². The molecule has 0 unspecified atom stereocenters. The van der Waals surface area contributed by atoms with Crippen LogP contribution in [0.3, 0.4) is 0 Å². The minimum absolute atomic E-state index is 0.262. The van der Waals surface area contributed by atoms with Crippen LogP contribution in [0.15, 0.2) is 12.2 Å². The van der Waals surface area contributed by atoms with Crippen molar-refractivity contribution in [3.05, 3.63) is 12.2 Å². The molecule has 0 saturated heterocycles. The molecule has 4 atom stereocenters. The normalized spacial score (nSPS) is 36.1. The first-order valence-corrected chi connectivity index (χ1v) is 5.48. The monoisotopic (exact) mass is 215 g/mol. The van der Waals surface area contributed by atoms with Crippen LogP contribution in [0.5, 0.6) is 0 Å². The summed E-state index contributed by atoms with van der Waals surface area (Å²) in [7, 11) is 0. The van der Waals surface area contributed by atoms with Crippen molar-refractivity contribution in [2.24, 2.45) is 5.92 Å². The molecule has 0 aromatic carbocycles. The zero-order valence-corrected chi connectivity index (χ0v) is 9.30. The Morgan fingerprint density at radius 1 is 1.13 bits per heavy atom. The van der Waals surface area contributed by atoms with Crippen molar-refractivity contribution in [1.29, 1.82) is 0 Å². The van der Waals surface area contributed by atoms with Crippen LogP contribution in [-0.4, -0.2) is 46.2 Å². The Balaban J connectivity index is 2.39. The molecule has 0 fully saturated rings. The van der Waals surface area contributed by atoms with Crippen LogP contribution in [0, 0.1) is 5.92 Å². The molecule has 0 radical (unpaired) electrons. The first-order valence-electron chi connectivity index (χ1n) is 5.48. The van der Waals surface area contributed by atoms with E-state index in [1.807, 2.05) is 0 Å². The second-order valence-corrected chi connectivity index (χ2v) is 4.52. The zero-order valence-electron chi connectivity index (χ0n) is 9.30. The Hall–Kier alpha value is -0.420. The summed E-state index contributed by atoms with van der Waals surface area (Å²) in [6.45, 7) is 5.06. The Morgan fingerprint density at radius 3 is 2.40 bits per heavy atom. The predicted octanol–water partition coefficient (Wildman–Crippen LogP) is -0.357. The second kappa shape index (κ2) is 5.61. The van der Waals surface area contributed by atoms with Crippen molar-refractivity contribution in [2.45, 2.75) is 44.6 Å². The Morgan fingerprint density at radius 2 is 1.80 bits per heavy atom. The van der Waals surface area contributed by atoms with E-state index in [1.165, 1.54) is 6.08 Å². The van der Waals surface area contributed by atoms with E-state index in [4.69, 9.17) is 0 Å². The summed E-state index contributed by atoms with van der Waals surface area (Å²) in [5.74, 6) is 0.609. The Bertz CT molecular complexity index is 218. The lowest BCUT2D eigenvalue weighted by molar-refractivity contribution is -0.0565. The molecular formula is C11H21NO3. The maximum absolute atomic E-state index is 9.65. The van der Waals surface area contributed by atoms with Gasteiger partial charge in [-0.1, -0.05) is 26.0 Å². The van der Waals surface area contributed by atoms with Gasteiger partial charge < -0.3 is 20.6 Å². The van der Waals surface area contributed by atoms with Gasteiger partial charge in [-0.15, -0.1) is 0 Å². The van der Waals surface area contributed by atoms with Crippen LogP contribution < -0.4 is 5.32 Å². The molecule has 1 rings (SSSR count). The third kappa shape index (κ3) is 3.57. The number of rotatable bonds is 4. The molecule has 0 bridgehead atoms. The lowest BCUT2D eigenvalue weighted by atomic mass is 9.94. The summed E-state index contributed by atoms with van der Waals surface area (Å²) in [5, 5.41) is 31.5. The van der Waals surface area contributed by atoms with Gasteiger partial charge in [0.1, 0.15) is 18.3 Å². The largest absolute Gasteiger partial charge is 0.388 e. The van der Waals surface area contributed by atoms with Gasteiger partial charge in [-0.25, -0.2) is 0 Å². The van der Waals surface area contributed by atoms with E-state index in [-0.39, 0.29) is 6.04 Å². The molecule has 0 saturated carbocycles. The quantitative estimate of drug-likeness (QED) is 0.483. The van der Waals surface area contributed by atoms with Crippen LogP contribution in [0.1, 0.15) is 20.3 Å². The third-order valence-corrected chi connectivity index (χ3v) is 2.69. The fourth-order valence-electron chi connectivity index (χ4n) is 1.60. The van der Waals surface area contributed by atoms with Crippen molar-refractivity contribution in [3.63, 3.8) is 0 Å². The van der Waals surface area contributed by atoms with Gasteiger partial charge in [-0.05, 0) is 18.9 Å². The summed E-state index contributed by atoms with van der Waals surface area (Å²) in [6, 6.07) is -0.262. The third-order valence-electron chi connectivity index (χ3n) is 2.69. The van der Waals surface area contributed by atoms with Crippen molar-refractivity contribution >= 4 is 0 Å². The summed E-state index contributed by atoms with van der Waals surface area (Å²) in [5.41, 5.74) is 0. The molecule has 0 amide bonds. The molecule has 4 N–H and O–H groups in total. The number of hydrogen-bond acceptors (Lipinski definition) is 4. The maximum Gasteiger partial charge on any atom is 0.111 e. The second-order valence-electron chi connectivity index (χ2n) is 4.52. The molecule has 15 heavy (non-hydrogen) atoms. The smallest absolute Gasteiger partial charge is 0.111 e. The van der Waals surface area contributed by atoms with E-state index >= 15 is 0 Å². The molecule has 4 nitrogen and oxygen atoms in total. The summed E-state index contributed by atoms with van der Waals surface area (Å²) in [4.78, 5) is 0. The first kappa shape index (κ1) is 12.6. The number of aliphatic hydroxyl groups is 3. The van der Waals surface area contributed by atoms with Crippen LogP contribution in [0.4, 0.5) is 0 Å². The Kier molecular flexibility index (Phi) is 4.73. The van der Waals surface area contributed by atoms with Crippen molar-refractivity contribution < 1.29 is 15.3 Å². The molecule has 4 heteroatoms. The van der Waals surface area contributed by atoms with Gasteiger partial charge in [-0.3, -0.25) is 0 Å². The van der Waals surface area contributed by atoms with Gasteiger partial charge >= 0.3 is 0 Å². The van der Waals surface area contributed by atoms with Crippen molar-refractivity contribution in [1.82, 2.24) is 5.32 Å². The van der Waals surface area contributed by atoms with Gasteiger partial charge in [0.2, 0.25) is 0 Å². The van der Waals surface area contributed by atoms with E-state index in [0.717, 1.165) is 13.0 Å². The van der Waals surface area contributed by atoms with Gasteiger partial charge in [-0.2, -0.15) is 0 Å². The van der Waals surface area contributed by atoms with E-state index in [2.05, 4.69) is 19.2 Å². The summed E-state index contributed by atoms with van der Waals surface area (Å²) in [6.07, 6.45) is 1.27. The minimum atomic E-state index is -1.09. The highest BCUT2D eigenvalue weighted by Crippen LogP contribution is 2.13. The fourth-order valence-corrected chi connectivity index (χ4v) is 1.60. The number of hydrogen-bond donors (Lipinski definition) is 4. The SMILES string of the molecule is CC(C)CCN[C@@H]1C=C[C@H](O)[C@H](O)[C@H]1O. The summed E-state index contributed by atoms with van der Waals surface area (Å²) < 4.78 is 0. The van der Waals surface area contributed by atoms with E-state index in [1.54, 1.807) is 6.08 Å². The van der Waals surface area contributed by atoms with Gasteiger partial charge in [0.25, 0.3) is 0 Å². The van der Waals surface area contributed by atoms with E-state index in [0.29, 0.717) is 5.92 Å². The molecule has 1 aliphatic rings. The fraction of sp³-hybridized carbons (Fsp3) is 0.818. The van der Waals surface area contributed by atoms with Gasteiger partial charge in [0.05, 0.1) is 6.04 Å². The molecule has 1 aliphatic carbocycles. The molecule has 0 aliphatic heterocycles. The van der Waals surface area contributed by atoms with Gasteiger partial charge in [0, 0.05) is 0 Å². The Labute approximate surface area is 90.6 Å². The number of nitrogens with one attached hydrogen (secondary N) is 1. The molecular weight excluding hydrogens is 194 g/mol. The molecule has 0 aromatic rings. The highest BCUT2D eigenvalue weighted by atomic mass is 16.4.